The van der Waals surface area contributed by atoms with Crippen molar-refractivity contribution in [2.24, 2.45) is 0 Å². The van der Waals surface area contributed by atoms with Crippen molar-refractivity contribution >= 4 is 17.3 Å². The minimum Gasteiger partial charge on any atom is -0.397 e. The van der Waals surface area contributed by atoms with Crippen molar-refractivity contribution in [3.05, 3.63) is 77.5 Å². The fourth-order valence-electron chi connectivity index (χ4n) is 3.31. The van der Waals surface area contributed by atoms with Crippen LogP contribution in [0.3, 0.4) is 0 Å². The van der Waals surface area contributed by atoms with E-state index in [4.69, 9.17) is 5.73 Å². The highest BCUT2D eigenvalue weighted by Crippen LogP contribution is 2.24. The smallest absolute Gasteiger partial charge is 0.255 e. The van der Waals surface area contributed by atoms with Crippen LogP contribution in [0.1, 0.15) is 41.3 Å². The maximum Gasteiger partial charge on any atom is 0.255 e. The molecule has 0 saturated carbocycles. The maximum absolute atomic E-state index is 12.5. The van der Waals surface area contributed by atoms with Gasteiger partial charge in [0.25, 0.3) is 5.91 Å². The van der Waals surface area contributed by atoms with Gasteiger partial charge in [0.2, 0.25) is 0 Å². The van der Waals surface area contributed by atoms with Crippen LogP contribution in [0.25, 0.3) is 11.3 Å². The van der Waals surface area contributed by atoms with Gasteiger partial charge >= 0.3 is 0 Å². The third-order valence-electron chi connectivity index (χ3n) is 5.04. The zero-order chi connectivity index (χ0) is 22.2. The molecule has 0 spiro atoms. The second kappa shape index (κ2) is 10.4. The third kappa shape index (κ3) is 5.68. The Bertz CT molecular complexity index is 1090. The molecule has 6 heteroatoms. The van der Waals surface area contributed by atoms with Gasteiger partial charge in [-0.15, -0.1) is 0 Å². The van der Waals surface area contributed by atoms with Gasteiger partial charge in [-0.1, -0.05) is 37.6 Å². The number of unbranched alkanes of at least 4 members (excludes halogenated alkanes) is 1. The van der Waals surface area contributed by atoms with Gasteiger partial charge in [0.1, 0.15) is 6.07 Å². The van der Waals surface area contributed by atoms with E-state index in [0.717, 1.165) is 37.1 Å². The maximum atomic E-state index is 12.5. The van der Waals surface area contributed by atoms with Crippen LogP contribution < -0.4 is 11.1 Å². The fraction of sp³-hybridized carbons (Fsp3) is 0.240. The van der Waals surface area contributed by atoms with Gasteiger partial charge in [-0.3, -0.25) is 9.78 Å². The monoisotopic (exact) mass is 413 g/mol. The second-order valence-electron chi connectivity index (χ2n) is 7.56. The summed E-state index contributed by atoms with van der Waals surface area (Å²) in [7, 11) is 2.07. The molecule has 3 aromatic rings. The molecule has 6 nitrogen and oxygen atoms in total. The van der Waals surface area contributed by atoms with E-state index >= 15 is 0 Å². The minimum absolute atomic E-state index is 0.247. The fourth-order valence-corrected chi connectivity index (χ4v) is 3.31. The highest BCUT2D eigenvalue weighted by Gasteiger charge is 2.12. The lowest BCUT2D eigenvalue weighted by Gasteiger charge is -2.16. The summed E-state index contributed by atoms with van der Waals surface area (Å²) in [6.07, 6.45) is 4.11. The lowest BCUT2D eigenvalue weighted by Crippen LogP contribution is -2.19. The van der Waals surface area contributed by atoms with Crippen molar-refractivity contribution in [2.45, 2.75) is 26.3 Å². The predicted octanol–water partition coefficient (Wildman–Crippen LogP) is 4.69. The highest BCUT2D eigenvalue weighted by atomic mass is 16.1. The van der Waals surface area contributed by atoms with Crippen LogP contribution in [0.15, 0.2) is 60.8 Å². The highest BCUT2D eigenvalue weighted by molar-refractivity contribution is 6.05. The minimum atomic E-state index is -0.247. The summed E-state index contributed by atoms with van der Waals surface area (Å²) in [5.74, 6) is -0.247. The quantitative estimate of drug-likeness (QED) is 0.523. The standard InChI is InChI=1S/C25H27N5O/c1-3-4-13-30(2)17-18-14-21(15-26)24(28-16-18)19-9-11-20(12-10-19)25(31)29-23-8-6-5-7-22(23)27/h5-12,14,16H,3-4,13,17,27H2,1-2H3,(H,29,31). The molecule has 0 saturated heterocycles. The van der Waals surface area contributed by atoms with E-state index < -0.39 is 0 Å². The van der Waals surface area contributed by atoms with Crippen LogP contribution in [0.4, 0.5) is 11.4 Å². The number of hydrogen-bond donors (Lipinski definition) is 2. The molecular formula is C25H27N5O. The van der Waals surface area contributed by atoms with Crippen LogP contribution in [0.5, 0.6) is 0 Å². The van der Waals surface area contributed by atoms with Crippen LogP contribution in [-0.4, -0.2) is 29.4 Å². The Morgan fingerprint density at radius 1 is 1.19 bits per heavy atom. The van der Waals surface area contributed by atoms with E-state index in [0.29, 0.717) is 28.2 Å². The number of anilines is 2. The largest absolute Gasteiger partial charge is 0.397 e. The van der Waals surface area contributed by atoms with Crippen molar-refractivity contribution in [3.8, 4) is 17.3 Å². The molecule has 0 bridgehead atoms. The number of nitrogens with two attached hydrogens (primary N) is 1. The zero-order valence-corrected chi connectivity index (χ0v) is 17.9. The summed E-state index contributed by atoms with van der Waals surface area (Å²) in [4.78, 5) is 19.3. The van der Waals surface area contributed by atoms with Crippen LogP contribution >= 0.6 is 0 Å². The lowest BCUT2D eigenvalue weighted by molar-refractivity contribution is 0.102. The average Bonchev–Trinajstić information content (AvgIpc) is 2.79. The summed E-state index contributed by atoms with van der Waals surface area (Å²) in [5.41, 5.74) is 10.4. The molecule has 0 unspecified atom stereocenters. The number of nitriles is 1. The van der Waals surface area contributed by atoms with E-state index in [2.05, 4.69) is 35.2 Å². The normalized spacial score (nSPS) is 10.6. The van der Waals surface area contributed by atoms with E-state index in [-0.39, 0.29) is 5.91 Å². The number of aromatic nitrogens is 1. The first-order chi connectivity index (χ1) is 15.0. The summed E-state index contributed by atoms with van der Waals surface area (Å²) in [6.45, 7) is 3.94. The van der Waals surface area contributed by atoms with Crippen LogP contribution in [0.2, 0.25) is 0 Å². The molecule has 0 radical (unpaired) electrons. The summed E-state index contributed by atoms with van der Waals surface area (Å²) in [5, 5.41) is 12.4. The molecule has 1 heterocycles. The molecule has 0 atom stereocenters. The van der Waals surface area contributed by atoms with Crippen molar-refractivity contribution in [1.82, 2.24) is 9.88 Å². The van der Waals surface area contributed by atoms with E-state index in [1.807, 2.05) is 24.4 Å². The molecule has 3 rings (SSSR count). The Balaban J connectivity index is 1.75. The molecule has 2 aromatic carbocycles. The van der Waals surface area contributed by atoms with E-state index in [9.17, 15) is 10.1 Å². The number of para-hydroxylation sites is 2. The number of rotatable bonds is 8. The average molecular weight is 414 g/mol. The molecule has 0 fully saturated rings. The van der Waals surface area contributed by atoms with Crippen LogP contribution in [0, 0.1) is 11.3 Å². The number of amides is 1. The van der Waals surface area contributed by atoms with Crippen molar-refractivity contribution in [1.29, 1.82) is 5.26 Å². The first-order valence-corrected chi connectivity index (χ1v) is 10.4. The summed E-state index contributed by atoms with van der Waals surface area (Å²) >= 11 is 0. The Labute approximate surface area is 183 Å². The topological polar surface area (TPSA) is 95.0 Å². The zero-order valence-electron chi connectivity index (χ0n) is 17.9. The number of carbonyl (C=O) groups is 1. The van der Waals surface area contributed by atoms with Gasteiger partial charge in [-0.2, -0.15) is 5.26 Å². The number of nitrogens with zero attached hydrogens (tertiary/aromatic N) is 3. The Morgan fingerprint density at radius 3 is 2.61 bits per heavy atom. The van der Waals surface area contributed by atoms with Crippen molar-refractivity contribution in [2.75, 3.05) is 24.6 Å². The lowest BCUT2D eigenvalue weighted by atomic mass is 10.0. The molecular weight excluding hydrogens is 386 g/mol. The molecule has 1 amide bonds. The first kappa shape index (κ1) is 22.0. The molecule has 1 aromatic heterocycles. The molecule has 31 heavy (non-hydrogen) atoms. The van der Waals surface area contributed by atoms with Gasteiger partial charge < -0.3 is 16.0 Å². The molecule has 0 aliphatic carbocycles. The van der Waals surface area contributed by atoms with Gasteiger partial charge in [-0.05, 0) is 55.9 Å². The summed E-state index contributed by atoms with van der Waals surface area (Å²) in [6, 6.07) is 18.3. The van der Waals surface area contributed by atoms with Crippen molar-refractivity contribution < 1.29 is 4.79 Å². The number of nitrogen functional groups attached to an aromatic ring is 1. The number of benzene rings is 2. The van der Waals surface area contributed by atoms with Gasteiger partial charge in [0.15, 0.2) is 0 Å². The number of carbonyl (C=O) groups excluding carboxylic acids is 1. The Hall–Kier alpha value is -3.69. The molecule has 0 aliphatic rings. The Morgan fingerprint density at radius 2 is 1.94 bits per heavy atom. The second-order valence-corrected chi connectivity index (χ2v) is 7.56. The van der Waals surface area contributed by atoms with Gasteiger partial charge in [0.05, 0.1) is 22.6 Å². The Kier molecular flexibility index (Phi) is 7.36. The SMILES string of the molecule is CCCCN(C)Cc1cnc(-c2ccc(C(=O)Nc3ccccc3N)cc2)c(C#N)c1. The van der Waals surface area contributed by atoms with Crippen LogP contribution in [-0.2, 0) is 6.54 Å². The number of pyridine rings is 1. The van der Waals surface area contributed by atoms with Crippen molar-refractivity contribution in [3.63, 3.8) is 0 Å². The van der Waals surface area contributed by atoms with E-state index in [1.165, 1.54) is 0 Å². The molecule has 158 valence electrons. The molecule has 0 aliphatic heterocycles. The van der Waals surface area contributed by atoms with Gasteiger partial charge in [0, 0.05) is 23.9 Å². The van der Waals surface area contributed by atoms with Gasteiger partial charge in [-0.25, -0.2) is 0 Å². The number of nitrogens with one attached hydrogen (secondary N) is 1. The first-order valence-electron chi connectivity index (χ1n) is 10.4. The molecule has 3 N–H and O–H groups in total. The van der Waals surface area contributed by atoms with E-state index in [1.54, 1.807) is 36.4 Å². The summed E-state index contributed by atoms with van der Waals surface area (Å²) < 4.78 is 0. The predicted molar refractivity (Wildman–Crippen MR) is 124 cm³/mol. The third-order valence-corrected chi connectivity index (χ3v) is 5.04. The number of hydrogen-bond acceptors (Lipinski definition) is 5.